The van der Waals surface area contributed by atoms with Gasteiger partial charge in [0, 0.05) is 6.54 Å². The van der Waals surface area contributed by atoms with Crippen molar-refractivity contribution in [1.82, 2.24) is 5.32 Å². The van der Waals surface area contributed by atoms with Crippen LogP contribution in [0.1, 0.15) is 24.8 Å². The predicted molar refractivity (Wildman–Crippen MR) is 64.6 cm³/mol. The Morgan fingerprint density at radius 1 is 1.41 bits per heavy atom. The summed E-state index contributed by atoms with van der Waals surface area (Å²) in [6.45, 7) is 0.491. The molecule has 0 spiro atoms. The van der Waals surface area contributed by atoms with E-state index in [-0.39, 0.29) is 11.8 Å². The molecule has 0 bridgehead atoms. The molecule has 2 N–H and O–H groups in total. The zero-order chi connectivity index (χ0) is 12.3. The minimum absolute atomic E-state index is 0.124. The lowest BCUT2D eigenvalue weighted by Gasteiger charge is -2.15. The topological polar surface area (TPSA) is 66.4 Å². The van der Waals surface area contributed by atoms with Crippen LogP contribution in [0, 0.1) is 11.8 Å². The van der Waals surface area contributed by atoms with Gasteiger partial charge in [-0.15, -0.1) is 0 Å². The summed E-state index contributed by atoms with van der Waals surface area (Å²) >= 11 is 1.58. The minimum atomic E-state index is -0.849. The van der Waals surface area contributed by atoms with E-state index in [0.29, 0.717) is 19.4 Å². The van der Waals surface area contributed by atoms with E-state index in [1.54, 1.807) is 11.3 Å². The van der Waals surface area contributed by atoms with Crippen molar-refractivity contribution < 1.29 is 14.7 Å². The number of aliphatic carboxylic acids is 1. The minimum Gasteiger partial charge on any atom is -0.481 e. The molecule has 1 aliphatic carbocycles. The van der Waals surface area contributed by atoms with Crippen LogP contribution in [-0.4, -0.2) is 17.0 Å². The summed E-state index contributed by atoms with van der Waals surface area (Å²) in [6, 6.07) is 1.95. The summed E-state index contributed by atoms with van der Waals surface area (Å²) in [7, 11) is 0. The highest BCUT2D eigenvalue weighted by Crippen LogP contribution is 2.32. The maximum atomic E-state index is 11.9. The number of rotatable bonds is 4. The molecule has 1 aliphatic rings. The number of carboxylic acids is 1. The van der Waals surface area contributed by atoms with Crippen molar-refractivity contribution in [3.63, 3.8) is 0 Å². The molecule has 0 unspecified atom stereocenters. The Hall–Kier alpha value is -1.36. The van der Waals surface area contributed by atoms with Crippen LogP contribution in [0.2, 0.25) is 0 Å². The van der Waals surface area contributed by atoms with Crippen molar-refractivity contribution in [2.24, 2.45) is 11.8 Å². The first-order valence-electron chi connectivity index (χ1n) is 5.70. The third kappa shape index (κ3) is 2.85. The van der Waals surface area contributed by atoms with E-state index < -0.39 is 11.9 Å². The molecule has 0 aliphatic heterocycles. The number of carbonyl (C=O) groups excluding carboxylic acids is 1. The average Bonchev–Trinajstić information content (AvgIpc) is 2.96. The first-order chi connectivity index (χ1) is 8.18. The van der Waals surface area contributed by atoms with Gasteiger partial charge >= 0.3 is 5.97 Å². The predicted octanol–water partition coefficient (Wildman–Crippen LogP) is 1.87. The van der Waals surface area contributed by atoms with Crippen LogP contribution in [0.5, 0.6) is 0 Å². The van der Waals surface area contributed by atoms with Gasteiger partial charge in [-0.3, -0.25) is 9.59 Å². The highest BCUT2D eigenvalue weighted by Gasteiger charge is 2.37. The molecule has 1 aromatic heterocycles. The average molecular weight is 253 g/mol. The molecule has 5 heteroatoms. The number of carbonyl (C=O) groups is 2. The number of hydrogen-bond acceptors (Lipinski definition) is 3. The third-order valence-corrected chi connectivity index (χ3v) is 3.95. The van der Waals surface area contributed by atoms with E-state index in [4.69, 9.17) is 5.11 Å². The molecule has 1 aromatic rings. The molecule has 4 nitrogen and oxygen atoms in total. The van der Waals surface area contributed by atoms with Gasteiger partial charge in [0.15, 0.2) is 0 Å². The molecular formula is C12H15NO3S. The molecule has 1 fully saturated rings. The second kappa shape index (κ2) is 5.31. The summed E-state index contributed by atoms with van der Waals surface area (Å²) < 4.78 is 0. The third-order valence-electron chi connectivity index (χ3n) is 3.22. The maximum Gasteiger partial charge on any atom is 0.307 e. The van der Waals surface area contributed by atoms with Gasteiger partial charge in [-0.25, -0.2) is 0 Å². The Morgan fingerprint density at radius 2 is 2.18 bits per heavy atom. The van der Waals surface area contributed by atoms with Crippen molar-refractivity contribution in [2.45, 2.75) is 25.8 Å². The highest BCUT2D eigenvalue weighted by atomic mass is 32.1. The summed E-state index contributed by atoms with van der Waals surface area (Å²) in [6.07, 6.45) is 2.13. The van der Waals surface area contributed by atoms with Gasteiger partial charge in [-0.1, -0.05) is 6.42 Å². The first kappa shape index (κ1) is 12.1. The van der Waals surface area contributed by atoms with E-state index in [9.17, 15) is 9.59 Å². The van der Waals surface area contributed by atoms with Gasteiger partial charge < -0.3 is 10.4 Å². The monoisotopic (exact) mass is 253 g/mol. The van der Waals surface area contributed by atoms with Gasteiger partial charge in [0.1, 0.15) is 0 Å². The summed E-state index contributed by atoms with van der Waals surface area (Å²) in [4.78, 5) is 22.9. The van der Waals surface area contributed by atoms with Crippen molar-refractivity contribution in [1.29, 1.82) is 0 Å². The Labute approximate surface area is 104 Å². The SMILES string of the molecule is O=C(O)[C@H]1CCC[C@H]1C(=O)NCc1ccsc1. The van der Waals surface area contributed by atoms with Crippen LogP contribution in [0.25, 0.3) is 0 Å². The zero-order valence-corrected chi connectivity index (χ0v) is 10.2. The number of thiophene rings is 1. The van der Waals surface area contributed by atoms with E-state index in [1.807, 2.05) is 16.8 Å². The van der Waals surface area contributed by atoms with Crippen molar-refractivity contribution >= 4 is 23.2 Å². The molecule has 92 valence electrons. The van der Waals surface area contributed by atoms with Gasteiger partial charge in [0.25, 0.3) is 0 Å². The Morgan fingerprint density at radius 3 is 2.82 bits per heavy atom. The fourth-order valence-electron chi connectivity index (χ4n) is 2.28. The summed E-state index contributed by atoms with van der Waals surface area (Å²) in [5.74, 6) is -1.83. The molecule has 17 heavy (non-hydrogen) atoms. The lowest BCUT2D eigenvalue weighted by atomic mass is 9.95. The van der Waals surface area contributed by atoms with Gasteiger partial charge in [0.05, 0.1) is 11.8 Å². The second-order valence-corrected chi connectivity index (χ2v) is 5.11. The molecule has 1 saturated carbocycles. The van der Waals surface area contributed by atoms with Gasteiger partial charge in [0.2, 0.25) is 5.91 Å². The molecule has 2 atom stereocenters. The van der Waals surface area contributed by atoms with Crippen LogP contribution in [0.15, 0.2) is 16.8 Å². The fraction of sp³-hybridized carbons (Fsp3) is 0.500. The number of amides is 1. The quantitative estimate of drug-likeness (QED) is 0.860. The van der Waals surface area contributed by atoms with E-state index in [0.717, 1.165) is 12.0 Å². The van der Waals surface area contributed by atoms with Crippen LogP contribution in [0.4, 0.5) is 0 Å². The van der Waals surface area contributed by atoms with Crippen LogP contribution in [0.3, 0.4) is 0 Å². The lowest BCUT2D eigenvalue weighted by Crippen LogP contribution is -2.34. The Bertz CT molecular complexity index is 402. The van der Waals surface area contributed by atoms with E-state index in [1.165, 1.54) is 0 Å². The lowest BCUT2D eigenvalue weighted by molar-refractivity contribution is -0.146. The highest BCUT2D eigenvalue weighted by molar-refractivity contribution is 7.07. The molecule has 0 radical (unpaired) electrons. The Kier molecular flexibility index (Phi) is 3.78. The maximum absolute atomic E-state index is 11.9. The number of nitrogens with one attached hydrogen (secondary N) is 1. The van der Waals surface area contributed by atoms with Crippen LogP contribution < -0.4 is 5.32 Å². The molecule has 0 saturated heterocycles. The smallest absolute Gasteiger partial charge is 0.307 e. The molecule has 0 aromatic carbocycles. The Balaban J connectivity index is 1.89. The molecule has 1 amide bonds. The van der Waals surface area contributed by atoms with Crippen molar-refractivity contribution in [2.75, 3.05) is 0 Å². The molecule has 1 heterocycles. The normalized spacial score (nSPS) is 23.5. The van der Waals surface area contributed by atoms with E-state index in [2.05, 4.69) is 5.32 Å². The molecular weight excluding hydrogens is 238 g/mol. The zero-order valence-electron chi connectivity index (χ0n) is 9.39. The summed E-state index contributed by atoms with van der Waals surface area (Å²) in [5.41, 5.74) is 1.06. The standard InChI is InChI=1S/C12H15NO3S/c14-11(13-6-8-4-5-17-7-8)9-2-1-3-10(9)12(15)16/h4-5,7,9-10H,1-3,6H2,(H,13,14)(H,15,16)/t9-,10+/m1/s1. The van der Waals surface area contributed by atoms with Crippen molar-refractivity contribution in [3.8, 4) is 0 Å². The van der Waals surface area contributed by atoms with Crippen molar-refractivity contribution in [3.05, 3.63) is 22.4 Å². The second-order valence-electron chi connectivity index (χ2n) is 4.33. The first-order valence-corrected chi connectivity index (χ1v) is 6.64. The van der Waals surface area contributed by atoms with Gasteiger partial charge in [-0.2, -0.15) is 11.3 Å². The van der Waals surface area contributed by atoms with E-state index >= 15 is 0 Å². The van der Waals surface area contributed by atoms with Crippen LogP contribution in [-0.2, 0) is 16.1 Å². The summed E-state index contributed by atoms with van der Waals surface area (Å²) in [5, 5.41) is 15.8. The fourth-order valence-corrected chi connectivity index (χ4v) is 2.95. The molecule has 2 rings (SSSR count). The largest absolute Gasteiger partial charge is 0.481 e. The van der Waals surface area contributed by atoms with Crippen LogP contribution >= 0.6 is 11.3 Å². The number of carboxylic acid groups (broad SMARTS) is 1. The van der Waals surface area contributed by atoms with Gasteiger partial charge in [-0.05, 0) is 35.2 Å². The number of hydrogen-bond donors (Lipinski definition) is 2.